The van der Waals surface area contributed by atoms with E-state index in [9.17, 15) is 4.79 Å². The molecule has 1 heterocycles. The number of hydrogen-bond donors (Lipinski definition) is 1. The van der Waals surface area contributed by atoms with Gasteiger partial charge in [-0.3, -0.25) is 9.36 Å². The Labute approximate surface area is 153 Å². The third-order valence-electron chi connectivity index (χ3n) is 4.83. The lowest BCUT2D eigenvalue weighted by molar-refractivity contribution is -0.120. The van der Waals surface area contributed by atoms with Gasteiger partial charge >= 0.3 is 0 Å². The lowest BCUT2D eigenvalue weighted by Crippen LogP contribution is -2.35. The Morgan fingerprint density at radius 1 is 1.32 bits per heavy atom. The van der Waals surface area contributed by atoms with Crippen molar-refractivity contribution in [1.29, 1.82) is 0 Å². The number of aromatic nitrogens is 3. The standard InChI is InChI=1S/C19H26N4OS/c1-14-8-6-7-11-17(14)23-13-21-22-19(23)25-15(2)18(24)20-12-16-9-4-3-5-10-16/h6-8,11,13,15-16H,3-5,9-10,12H2,1-2H3,(H,20,24)/t15-/m1/s1. The third-order valence-corrected chi connectivity index (χ3v) is 5.89. The summed E-state index contributed by atoms with van der Waals surface area (Å²) in [5, 5.41) is 11.9. The maximum atomic E-state index is 12.4. The number of nitrogens with one attached hydrogen (secondary N) is 1. The predicted molar refractivity (Wildman–Crippen MR) is 101 cm³/mol. The molecule has 3 rings (SSSR count). The van der Waals surface area contributed by atoms with Gasteiger partial charge in [0.1, 0.15) is 6.33 Å². The quantitative estimate of drug-likeness (QED) is 0.799. The molecule has 1 amide bonds. The van der Waals surface area contributed by atoms with E-state index in [4.69, 9.17) is 0 Å². The topological polar surface area (TPSA) is 59.8 Å². The molecule has 0 saturated heterocycles. The Kier molecular flexibility index (Phi) is 6.13. The summed E-state index contributed by atoms with van der Waals surface area (Å²) in [6, 6.07) is 8.11. The van der Waals surface area contributed by atoms with Crippen molar-refractivity contribution in [2.75, 3.05) is 6.54 Å². The maximum Gasteiger partial charge on any atom is 0.233 e. The van der Waals surface area contributed by atoms with Gasteiger partial charge in [-0.05, 0) is 44.2 Å². The van der Waals surface area contributed by atoms with E-state index in [1.54, 1.807) is 6.33 Å². The molecular weight excluding hydrogens is 332 g/mol. The highest BCUT2D eigenvalue weighted by Gasteiger charge is 2.20. The number of rotatable bonds is 6. The average molecular weight is 359 g/mol. The molecule has 2 aromatic rings. The van der Waals surface area contributed by atoms with Crippen molar-refractivity contribution in [3.05, 3.63) is 36.2 Å². The molecule has 25 heavy (non-hydrogen) atoms. The smallest absolute Gasteiger partial charge is 0.233 e. The zero-order valence-electron chi connectivity index (χ0n) is 14.9. The first-order valence-electron chi connectivity index (χ1n) is 9.05. The molecule has 0 radical (unpaired) electrons. The molecule has 0 aliphatic heterocycles. The van der Waals surface area contributed by atoms with Gasteiger partial charge in [0.25, 0.3) is 0 Å². The van der Waals surface area contributed by atoms with Gasteiger partial charge in [0.05, 0.1) is 10.9 Å². The van der Waals surface area contributed by atoms with Crippen molar-refractivity contribution < 1.29 is 4.79 Å². The van der Waals surface area contributed by atoms with Gasteiger partial charge in [-0.25, -0.2) is 0 Å². The Morgan fingerprint density at radius 2 is 2.08 bits per heavy atom. The Morgan fingerprint density at radius 3 is 2.84 bits per heavy atom. The van der Waals surface area contributed by atoms with Gasteiger partial charge in [-0.15, -0.1) is 10.2 Å². The normalized spacial score (nSPS) is 16.6. The summed E-state index contributed by atoms with van der Waals surface area (Å²) < 4.78 is 1.95. The van der Waals surface area contributed by atoms with Crippen LogP contribution in [-0.2, 0) is 4.79 Å². The molecule has 1 aliphatic rings. The van der Waals surface area contributed by atoms with Crippen LogP contribution in [0.4, 0.5) is 0 Å². The second-order valence-electron chi connectivity index (χ2n) is 6.78. The summed E-state index contributed by atoms with van der Waals surface area (Å²) in [5.74, 6) is 0.723. The third kappa shape index (κ3) is 4.63. The molecule has 0 spiro atoms. The number of nitrogens with zero attached hydrogens (tertiary/aromatic N) is 3. The molecule has 0 unspecified atom stereocenters. The zero-order valence-corrected chi connectivity index (χ0v) is 15.8. The van der Waals surface area contributed by atoms with Gasteiger partial charge < -0.3 is 5.32 Å². The summed E-state index contributed by atoms with van der Waals surface area (Å²) >= 11 is 1.45. The van der Waals surface area contributed by atoms with Crippen LogP contribution in [0.25, 0.3) is 5.69 Å². The summed E-state index contributed by atoms with van der Waals surface area (Å²) in [7, 11) is 0. The van der Waals surface area contributed by atoms with Crippen molar-refractivity contribution in [1.82, 2.24) is 20.1 Å². The van der Waals surface area contributed by atoms with E-state index in [1.165, 1.54) is 43.9 Å². The van der Waals surface area contributed by atoms with Gasteiger partial charge in [0.2, 0.25) is 5.91 Å². The highest BCUT2D eigenvalue weighted by Crippen LogP contribution is 2.26. The lowest BCUT2D eigenvalue weighted by atomic mass is 9.89. The fourth-order valence-electron chi connectivity index (χ4n) is 3.30. The number of hydrogen-bond acceptors (Lipinski definition) is 4. The van der Waals surface area contributed by atoms with Crippen LogP contribution in [0.3, 0.4) is 0 Å². The molecule has 5 nitrogen and oxygen atoms in total. The summed E-state index contributed by atoms with van der Waals surface area (Å²) in [6.45, 7) is 4.79. The molecule has 1 aromatic heterocycles. The fraction of sp³-hybridized carbons (Fsp3) is 0.526. The minimum absolute atomic E-state index is 0.0786. The second-order valence-corrected chi connectivity index (χ2v) is 8.09. The average Bonchev–Trinajstić information content (AvgIpc) is 3.08. The Balaban J connectivity index is 1.59. The lowest BCUT2D eigenvalue weighted by Gasteiger charge is -2.22. The first-order valence-corrected chi connectivity index (χ1v) is 9.93. The number of thioether (sulfide) groups is 1. The van der Waals surface area contributed by atoms with E-state index in [-0.39, 0.29) is 11.2 Å². The molecule has 1 aliphatic carbocycles. The Hall–Kier alpha value is -1.82. The number of benzene rings is 1. The van der Waals surface area contributed by atoms with Crippen LogP contribution in [0.1, 0.15) is 44.6 Å². The van der Waals surface area contributed by atoms with Crippen LogP contribution in [0, 0.1) is 12.8 Å². The van der Waals surface area contributed by atoms with Gasteiger partial charge in [0, 0.05) is 6.54 Å². The number of para-hydroxylation sites is 1. The van der Waals surface area contributed by atoms with Crippen LogP contribution in [0.15, 0.2) is 35.7 Å². The van der Waals surface area contributed by atoms with Gasteiger partial charge in [-0.2, -0.15) is 0 Å². The number of carbonyl (C=O) groups excluding carboxylic acids is 1. The van der Waals surface area contributed by atoms with Crippen LogP contribution in [0.5, 0.6) is 0 Å². The van der Waals surface area contributed by atoms with E-state index in [0.717, 1.165) is 23.0 Å². The SMILES string of the molecule is Cc1ccccc1-n1cnnc1S[C@H](C)C(=O)NCC1CCCCC1. The first-order chi connectivity index (χ1) is 12.1. The van der Waals surface area contributed by atoms with E-state index in [1.807, 2.05) is 29.7 Å². The van der Waals surface area contributed by atoms with Crippen molar-refractivity contribution in [3.8, 4) is 5.69 Å². The summed E-state index contributed by atoms with van der Waals surface area (Å²) in [6.07, 6.45) is 8.12. The van der Waals surface area contributed by atoms with Crippen LogP contribution < -0.4 is 5.32 Å². The first kappa shape index (κ1) is 18.0. The van der Waals surface area contributed by atoms with E-state index in [0.29, 0.717) is 5.92 Å². The number of carbonyl (C=O) groups is 1. The van der Waals surface area contributed by atoms with Crippen LogP contribution in [0.2, 0.25) is 0 Å². The molecule has 1 N–H and O–H groups in total. The van der Waals surface area contributed by atoms with Crippen molar-refractivity contribution in [2.45, 2.75) is 56.4 Å². The van der Waals surface area contributed by atoms with Crippen LogP contribution >= 0.6 is 11.8 Å². The molecule has 1 atom stereocenters. The minimum Gasteiger partial charge on any atom is -0.355 e. The monoisotopic (exact) mass is 358 g/mol. The van der Waals surface area contributed by atoms with Gasteiger partial charge in [0.15, 0.2) is 5.16 Å². The molecule has 134 valence electrons. The van der Waals surface area contributed by atoms with Crippen molar-refractivity contribution >= 4 is 17.7 Å². The van der Waals surface area contributed by atoms with Crippen LogP contribution in [-0.4, -0.2) is 32.5 Å². The fourth-order valence-corrected chi connectivity index (χ4v) is 4.16. The predicted octanol–water partition coefficient (Wildman–Crippen LogP) is 3.75. The number of aryl methyl sites for hydroxylation is 1. The molecular formula is C19H26N4OS. The zero-order chi connectivity index (χ0) is 17.6. The van der Waals surface area contributed by atoms with Crippen molar-refractivity contribution in [2.24, 2.45) is 5.92 Å². The van der Waals surface area contributed by atoms with Crippen molar-refractivity contribution in [3.63, 3.8) is 0 Å². The van der Waals surface area contributed by atoms with E-state index < -0.39 is 0 Å². The molecule has 1 fully saturated rings. The minimum atomic E-state index is -0.199. The largest absolute Gasteiger partial charge is 0.355 e. The molecule has 6 heteroatoms. The maximum absolute atomic E-state index is 12.4. The molecule has 1 aromatic carbocycles. The number of amides is 1. The molecule has 0 bridgehead atoms. The van der Waals surface area contributed by atoms with E-state index >= 15 is 0 Å². The second kappa shape index (κ2) is 8.52. The highest BCUT2D eigenvalue weighted by atomic mass is 32.2. The highest BCUT2D eigenvalue weighted by molar-refractivity contribution is 8.00. The Bertz CT molecular complexity index is 709. The summed E-state index contributed by atoms with van der Waals surface area (Å²) in [4.78, 5) is 12.4. The molecule has 1 saturated carbocycles. The summed E-state index contributed by atoms with van der Waals surface area (Å²) in [5.41, 5.74) is 2.20. The van der Waals surface area contributed by atoms with E-state index in [2.05, 4.69) is 28.5 Å². The van der Waals surface area contributed by atoms with Gasteiger partial charge in [-0.1, -0.05) is 49.2 Å².